The van der Waals surface area contributed by atoms with Gasteiger partial charge in [0.2, 0.25) is 0 Å². The van der Waals surface area contributed by atoms with Crippen LogP contribution in [0.15, 0.2) is 36.4 Å². The van der Waals surface area contributed by atoms with E-state index in [9.17, 15) is 0 Å². The van der Waals surface area contributed by atoms with Gasteiger partial charge in [0.05, 0.1) is 0 Å². The molecule has 0 saturated carbocycles. The minimum atomic E-state index is 0.737. The summed E-state index contributed by atoms with van der Waals surface area (Å²) in [5.74, 6) is 0. The van der Waals surface area contributed by atoms with Crippen LogP contribution in [0.5, 0.6) is 0 Å². The van der Waals surface area contributed by atoms with Crippen LogP contribution < -0.4 is 0 Å². The lowest BCUT2D eigenvalue weighted by Gasteiger charge is -2.02. The minimum absolute atomic E-state index is 0.737. The molecule has 1 nitrogen and oxygen atoms in total. The van der Waals surface area contributed by atoms with Crippen molar-refractivity contribution in [2.45, 2.75) is 0 Å². The van der Waals surface area contributed by atoms with E-state index in [2.05, 4.69) is 0 Å². The van der Waals surface area contributed by atoms with Gasteiger partial charge in [0.25, 0.3) is 0 Å². The highest BCUT2D eigenvalue weighted by molar-refractivity contribution is 6.36. The lowest BCUT2D eigenvalue weighted by Crippen LogP contribution is -1.83. The van der Waals surface area contributed by atoms with Crippen LogP contribution in [-0.4, -0.2) is 6.21 Å². The second-order valence-corrected chi connectivity index (χ2v) is 3.23. The van der Waals surface area contributed by atoms with Gasteiger partial charge in [-0.05, 0) is 17.0 Å². The van der Waals surface area contributed by atoms with E-state index < -0.39 is 0 Å². The summed E-state index contributed by atoms with van der Waals surface area (Å²) in [6.07, 6.45) is 1.35. The Morgan fingerprint density at radius 1 is 1.00 bits per heavy atom. The maximum Gasteiger partial charge on any atom is 0.0484 e. The van der Waals surface area contributed by atoms with Crippen molar-refractivity contribution in [3.05, 3.63) is 47.0 Å². The second-order valence-electron chi connectivity index (χ2n) is 2.83. The van der Waals surface area contributed by atoms with Gasteiger partial charge in [-0.15, -0.1) is 0 Å². The number of hydrogen-bond acceptors (Lipinski definition) is 1. The molecule has 0 heterocycles. The molecule has 1 N–H and O–H groups in total. The molecule has 0 saturated heterocycles. The molecule has 0 amide bonds. The van der Waals surface area contributed by atoms with Crippen molar-refractivity contribution in [2.75, 3.05) is 0 Å². The molecule has 0 aliphatic rings. The monoisotopic (exact) mass is 189 g/mol. The van der Waals surface area contributed by atoms with Crippen LogP contribution in [0.4, 0.5) is 0 Å². The van der Waals surface area contributed by atoms with Crippen molar-refractivity contribution in [1.82, 2.24) is 0 Å². The van der Waals surface area contributed by atoms with Gasteiger partial charge in [0, 0.05) is 16.6 Å². The summed E-state index contributed by atoms with van der Waals surface area (Å²) >= 11 is 6.01. The molecule has 64 valence electrons. The van der Waals surface area contributed by atoms with Crippen molar-refractivity contribution in [1.29, 1.82) is 5.41 Å². The van der Waals surface area contributed by atoms with E-state index >= 15 is 0 Å². The quantitative estimate of drug-likeness (QED) is 0.664. The van der Waals surface area contributed by atoms with Crippen LogP contribution in [0.25, 0.3) is 10.8 Å². The Bertz CT molecular complexity index is 463. The van der Waals surface area contributed by atoms with Crippen molar-refractivity contribution in [2.24, 2.45) is 0 Å². The topological polar surface area (TPSA) is 23.9 Å². The second kappa shape index (κ2) is 3.19. The van der Waals surface area contributed by atoms with Gasteiger partial charge in [-0.2, -0.15) is 0 Å². The number of halogens is 1. The van der Waals surface area contributed by atoms with Crippen LogP contribution in [0.2, 0.25) is 5.02 Å². The van der Waals surface area contributed by atoms with Crippen LogP contribution in [-0.2, 0) is 0 Å². The molecular weight excluding hydrogens is 182 g/mol. The molecule has 0 atom stereocenters. The average molecular weight is 190 g/mol. The molecular formula is C11H8ClN. The van der Waals surface area contributed by atoms with Crippen LogP contribution in [0.3, 0.4) is 0 Å². The normalized spacial score (nSPS) is 10.2. The zero-order valence-corrected chi connectivity index (χ0v) is 7.68. The fourth-order valence-electron chi connectivity index (χ4n) is 1.41. The number of fused-ring (bicyclic) bond motifs is 1. The lowest BCUT2D eigenvalue weighted by atomic mass is 10.1. The van der Waals surface area contributed by atoms with Crippen molar-refractivity contribution in [3.8, 4) is 0 Å². The van der Waals surface area contributed by atoms with Gasteiger partial charge in [-0.25, -0.2) is 0 Å². The summed E-state index contributed by atoms with van der Waals surface area (Å²) in [5, 5.41) is 10.0. The Kier molecular flexibility index (Phi) is 2.03. The molecule has 0 radical (unpaired) electrons. The predicted molar refractivity (Wildman–Crippen MR) is 56.8 cm³/mol. The van der Waals surface area contributed by atoms with E-state index in [1.807, 2.05) is 36.4 Å². The first-order valence-electron chi connectivity index (χ1n) is 4.00. The van der Waals surface area contributed by atoms with Crippen LogP contribution in [0.1, 0.15) is 5.56 Å². The highest BCUT2D eigenvalue weighted by Gasteiger charge is 2.00. The fraction of sp³-hybridized carbons (Fsp3) is 0. The maximum atomic E-state index is 7.23. The van der Waals surface area contributed by atoms with Crippen LogP contribution >= 0.6 is 11.6 Å². The summed E-state index contributed by atoms with van der Waals surface area (Å²) < 4.78 is 0. The van der Waals surface area contributed by atoms with E-state index in [1.54, 1.807) is 0 Å². The number of nitrogens with one attached hydrogen (secondary N) is 1. The Hall–Kier alpha value is -1.34. The molecule has 0 bridgehead atoms. The van der Waals surface area contributed by atoms with E-state index in [4.69, 9.17) is 17.0 Å². The Morgan fingerprint density at radius 2 is 1.69 bits per heavy atom. The standard InChI is InChI=1S/C11H8ClN/c12-11-6-5-8(7-13)9-3-1-2-4-10(9)11/h1-7,13H. The summed E-state index contributed by atoms with van der Waals surface area (Å²) in [6.45, 7) is 0. The Labute approximate surface area is 81.5 Å². The highest BCUT2D eigenvalue weighted by Crippen LogP contribution is 2.25. The molecule has 0 aliphatic carbocycles. The molecule has 0 aliphatic heterocycles. The first-order chi connectivity index (χ1) is 6.33. The number of benzene rings is 2. The first-order valence-corrected chi connectivity index (χ1v) is 4.38. The summed E-state index contributed by atoms with van der Waals surface area (Å²) in [5.41, 5.74) is 0.903. The smallest absolute Gasteiger partial charge is 0.0484 e. The molecule has 0 unspecified atom stereocenters. The van der Waals surface area contributed by atoms with E-state index in [0.717, 1.165) is 21.4 Å². The third kappa shape index (κ3) is 1.31. The molecule has 2 rings (SSSR count). The van der Waals surface area contributed by atoms with E-state index in [-0.39, 0.29) is 0 Å². The number of hydrogen-bond donors (Lipinski definition) is 1. The average Bonchev–Trinajstić information content (AvgIpc) is 2.19. The van der Waals surface area contributed by atoms with E-state index in [1.165, 1.54) is 6.21 Å². The maximum absolute atomic E-state index is 7.23. The zero-order valence-electron chi connectivity index (χ0n) is 6.92. The molecule has 2 heteroatoms. The van der Waals surface area contributed by atoms with E-state index in [0.29, 0.717) is 0 Å². The molecule has 2 aromatic rings. The molecule has 0 aromatic heterocycles. The largest absolute Gasteiger partial charge is 0.308 e. The third-order valence-corrected chi connectivity index (χ3v) is 2.39. The van der Waals surface area contributed by atoms with Gasteiger partial charge in [0.15, 0.2) is 0 Å². The van der Waals surface area contributed by atoms with Gasteiger partial charge < -0.3 is 5.41 Å². The van der Waals surface area contributed by atoms with Crippen LogP contribution in [0, 0.1) is 5.41 Å². The van der Waals surface area contributed by atoms with Gasteiger partial charge >= 0.3 is 0 Å². The summed E-state index contributed by atoms with van der Waals surface area (Å²) in [7, 11) is 0. The SMILES string of the molecule is N=Cc1ccc(Cl)c2ccccc12. The Morgan fingerprint density at radius 3 is 2.38 bits per heavy atom. The predicted octanol–water partition coefficient (Wildman–Crippen LogP) is 3.49. The Balaban J connectivity index is 2.92. The molecule has 0 spiro atoms. The molecule has 13 heavy (non-hydrogen) atoms. The first kappa shape index (κ1) is 8.27. The van der Waals surface area contributed by atoms with Gasteiger partial charge in [0.1, 0.15) is 0 Å². The van der Waals surface area contributed by atoms with Crippen molar-refractivity contribution < 1.29 is 0 Å². The highest BCUT2D eigenvalue weighted by atomic mass is 35.5. The van der Waals surface area contributed by atoms with Crippen molar-refractivity contribution >= 4 is 28.6 Å². The fourth-order valence-corrected chi connectivity index (χ4v) is 1.64. The van der Waals surface area contributed by atoms with Crippen molar-refractivity contribution in [3.63, 3.8) is 0 Å². The minimum Gasteiger partial charge on any atom is -0.308 e. The zero-order chi connectivity index (χ0) is 9.26. The molecule has 2 aromatic carbocycles. The van der Waals surface area contributed by atoms with Gasteiger partial charge in [-0.3, -0.25) is 0 Å². The number of rotatable bonds is 1. The third-order valence-electron chi connectivity index (χ3n) is 2.06. The summed E-state index contributed by atoms with van der Waals surface area (Å²) in [6, 6.07) is 11.5. The summed E-state index contributed by atoms with van der Waals surface area (Å²) in [4.78, 5) is 0. The molecule has 0 fully saturated rings. The van der Waals surface area contributed by atoms with Gasteiger partial charge in [-0.1, -0.05) is 41.9 Å². The lowest BCUT2D eigenvalue weighted by molar-refractivity contribution is 1.55.